The summed E-state index contributed by atoms with van der Waals surface area (Å²) < 4.78 is 2.97. The molecule has 1 heterocycles. The van der Waals surface area contributed by atoms with Crippen LogP contribution < -0.4 is 0 Å². The van der Waals surface area contributed by atoms with Gasteiger partial charge >= 0.3 is 0 Å². The predicted molar refractivity (Wildman–Crippen MR) is 125 cm³/mol. The van der Waals surface area contributed by atoms with Gasteiger partial charge in [-0.25, -0.2) is 0 Å². The van der Waals surface area contributed by atoms with Crippen LogP contribution in [-0.2, 0) is 12.2 Å². The fourth-order valence-corrected chi connectivity index (χ4v) is 4.22. The molecule has 3 aromatic carbocycles. The molecule has 4 aromatic rings. The predicted octanol–water partition coefficient (Wildman–Crippen LogP) is 6.32. The van der Waals surface area contributed by atoms with Crippen molar-refractivity contribution in [3.05, 3.63) is 88.2 Å². The quantitative estimate of drug-likeness (QED) is 0.237. The van der Waals surface area contributed by atoms with Gasteiger partial charge in [-0.05, 0) is 34.9 Å². The van der Waals surface area contributed by atoms with E-state index >= 15 is 0 Å². The number of hydrogen-bond donors (Lipinski definition) is 0. The molecule has 0 atom stereocenters. The summed E-state index contributed by atoms with van der Waals surface area (Å²) in [6.45, 7) is 2.14. The van der Waals surface area contributed by atoms with Crippen molar-refractivity contribution in [2.24, 2.45) is 5.10 Å². The molecule has 0 radical (unpaired) electrons. The van der Waals surface area contributed by atoms with Gasteiger partial charge in [-0.15, -0.1) is 10.2 Å². The van der Waals surface area contributed by atoms with Gasteiger partial charge in [0.1, 0.15) is 0 Å². The van der Waals surface area contributed by atoms with Crippen LogP contribution in [0.2, 0.25) is 0 Å². The molecule has 0 unspecified atom stereocenters. The van der Waals surface area contributed by atoms with Crippen LogP contribution >= 0.6 is 27.7 Å². The molecule has 0 aliphatic heterocycles. The Labute approximate surface area is 183 Å². The van der Waals surface area contributed by atoms with Gasteiger partial charge in [-0.3, -0.25) is 0 Å². The van der Waals surface area contributed by atoms with Crippen molar-refractivity contribution in [2.45, 2.75) is 30.7 Å². The molecule has 1 aromatic heterocycles. The fourth-order valence-electron chi connectivity index (χ4n) is 3.09. The smallest absolute Gasteiger partial charge is 0.191 e. The third-order valence-electron chi connectivity index (χ3n) is 4.57. The molecule has 0 bridgehead atoms. The number of nitrogens with zero attached hydrogens (tertiary/aromatic N) is 4. The summed E-state index contributed by atoms with van der Waals surface area (Å²) in [7, 11) is 0. The van der Waals surface area contributed by atoms with Crippen LogP contribution in [0.5, 0.6) is 0 Å². The zero-order valence-electron chi connectivity index (χ0n) is 16.1. The van der Waals surface area contributed by atoms with Crippen LogP contribution in [0.1, 0.15) is 30.3 Å². The highest BCUT2D eigenvalue weighted by Crippen LogP contribution is 2.24. The number of hydrogen-bond acceptors (Lipinski definition) is 4. The van der Waals surface area contributed by atoms with E-state index in [0.29, 0.717) is 0 Å². The second-order valence-electron chi connectivity index (χ2n) is 6.69. The van der Waals surface area contributed by atoms with E-state index in [0.717, 1.165) is 39.6 Å². The third kappa shape index (κ3) is 4.77. The largest absolute Gasteiger partial charge is 0.212 e. The average Bonchev–Trinajstić information content (AvgIpc) is 3.13. The van der Waals surface area contributed by atoms with Crippen molar-refractivity contribution in [2.75, 3.05) is 0 Å². The highest BCUT2D eigenvalue weighted by Gasteiger charge is 2.12. The maximum Gasteiger partial charge on any atom is 0.212 e. The van der Waals surface area contributed by atoms with Crippen molar-refractivity contribution < 1.29 is 0 Å². The number of benzene rings is 3. The molecule has 0 amide bonds. The molecule has 0 spiro atoms. The first-order valence-corrected chi connectivity index (χ1v) is 11.4. The standard InChI is InChI=1S/C23H21BrN4S/c1-2-6-22-26-27-23(29-16-17-11-13-20(24)14-12-17)28(22)25-15-19-9-5-8-18-7-3-4-10-21(18)19/h3-5,7-15H,2,6,16H2,1H3/b25-15+. The first-order chi connectivity index (χ1) is 14.2. The van der Waals surface area contributed by atoms with Crippen LogP contribution in [0.15, 0.2) is 81.5 Å². The number of fused-ring (bicyclic) bond motifs is 1. The molecule has 0 saturated carbocycles. The monoisotopic (exact) mass is 464 g/mol. The summed E-state index contributed by atoms with van der Waals surface area (Å²) in [5.41, 5.74) is 2.32. The maximum atomic E-state index is 4.77. The number of thioether (sulfide) groups is 1. The second kappa shape index (κ2) is 9.37. The van der Waals surface area contributed by atoms with Crippen molar-refractivity contribution >= 4 is 44.7 Å². The summed E-state index contributed by atoms with van der Waals surface area (Å²) in [4.78, 5) is 0. The van der Waals surface area contributed by atoms with E-state index in [1.165, 1.54) is 16.3 Å². The van der Waals surface area contributed by atoms with Gasteiger partial charge in [0.25, 0.3) is 0 Å². The lowest BCUT2D eigenvalue weighted by Crippen LogP contribution is -2.00. The minimum Gasteiger partial charge on any atom is -0.191 e. The molecule has 0 aliphatic rings. The minimum absolute atomic E-state index is 0.813. The molecule has 0 saturated heterocycles. The highest BCUT2D eigenvalue weighted by molar-refractivity contribution is 9.10. The Balaban J connectivity index is 1.62. The van der Waals surface area contributed by atoms with Gasteiger partial charge < -0.3 is 0 Å². The first kappa shape index (κ1) is 19.9. The molecule has 4 rings (SSSR count). The average molecular weight is 465 g/mol. The highest BCUT2D eigenvalue weighted by atomic mass is 79.9. The molecule has 4 nitrogen and oxygen atoms in total. The van der Waals surface area contributed by atoms with Crippen molar-refractivity contribution in [3.63, 3.8) is 0 Å². The molecular formula is C23H21BrN4S. The van der Waals surface area contributed by atoms with Crippen LogP contribution in [-0.4, -0.2) is 21.1 Å². The lowest BCUT2D eigenvalue weighted by molar-refractivity contribution is 0.700. The fraction of sp³-hybridized carbons (Fsp3) is 0.174. The number of rotatable bonds is 7. The summed E-state index contributed by atoms with van der Waals surface area (Å²) in [5.74, 6) is 1.71. The topological polar surface area (TPSA) is 43.1 Å². The zero-order valence-corrected chi connectivity index (χ0v) is 18.5. The Morgan fingerprint density at radius 2 is 1.79 bits per heavy atom. The zero-order chi connectivity index (χ0) is 20.1. The van der Waals surface area contributed by atoms with Crippen LogP contribution in [0, 0.1) is 0 Å². The molecule has 29 heavy (non-hydrogen) atoms. The summed E-state index contributed by atoms with van der Waals surface area (Å²) in [6.07, 6.45) is 3.76. The van der Waals surface area contributed by atoms with Crippen LogP contribution in [0.4, 0.5) is 0 Å². The lowest BCUT2D eigenvalue weighted by Gasteiger charge is -2.05. The number of aryl methyl sites for hydroxylation is 1. The Morgan fingerprint density at radius 1 is 1.00 bits per heavy atom. The van der Waals surface area contributed by atoms with E-state index in [9.17, 15) is 0 Å². The SMILES string of the molecule is CCCc1nnc(SCc2ccc(Br)cc2)n1/N=C/c1cccc2ccccc12. The van der Waals surface area contributed by atoms with Gasteiger partial charge in [-0.2, -0.15) is 9.78 Å². The van der Waals surface area contributed by atoms with Gasteiger partial charge in [0.15, 0.2) is 5.82 Å². The van der Waals surface area contributed by atoms with Crippen LogP contribution in [0.3, 0.4) is 0 Å². The summed E-state index contributed by atoms with van der Waals surface area (Å²) in [6, 6.07) is 23.0. The molecule has 0 N–H and O–H groups in total. The van der Waals surface area contributed by atoms with E-state index in [2.05, 4.69) is 99.8 Å². The van der Waals surface area contributed by atoms with Crippen molar-refractivity contribution in [1.82, 2.24) is 14.9 Å². The number of halogens is 1. The molecule has 6 heteroatoms. The van der Waals surface area contributed by atoms with E-state index < -0.39 is 0 Å². The Kier molecular flexibility index (Phi) is 6.42. The molecular weight excluding hydrogens is 444 g/mol. The Bertz CT molecular complexity index is 1130. The van der Waals surface area contributed by atoms with E-state index in [4.69, 9.17) is 5.10 Å². The van der Waals surface area contributed by atoms with Crippen LogP contribution in [0.25, 0.3) is 10.8 Å². The number of aromatic nitrogens is 3. The summed E-state index contributed by atoms with van der Waals surface area (Å²) in [5, 5.41) is 16.8. The first-order valence-electron chi connectivity index (χ1n) is 9.58. The lowest BCUT2D eigenvalue weighted by atomic mass is 10.1. The van der Waals surface area contributed by atoms with Crippen molar-refractivity contribution in [3.8, 4) is 0 Å². The maximum absolute atomic E-state index is 4.77. The van der Waals surface area contributed by atoms with E-state index in [1.807, 2.05) is 10.9 Å². The second-order valence-corrected chi connectivity index (χ2v) is 8.55. The third-order valence-corrected chi connectivity index (χ3v) is 6.09. The Hall–Kier alpha value is -2.44. The van der Waals surface area contributed by atoms with Gasteiger partial charge in [0.05, 0.1) is 6.21 Å². The normalized spacial score (nSPS) is 11.5. The van der Waals surface area contributed by atoms with E-state index in [-0.39, 0.29) is 0 Å². The molecule has 0 aliphatic carbocycles. The van der Waals surface area contributed by atoms with E-state index in [1.54, 1.807) is 11.8 Å². The van der Waals surface area contributed by atoms with Gasteiger partial charge in [0, 0.05) is 22.2 Å². The van der Waals surface area contributed by atoms with Gasteiger partial charge in [-0.1, -0.05) is 89.2 Å². The van der Waals surface area contributed by atoms with Gasteiger partial charge in [0.2, 0.25) is 5.16 Å². The van der Waals surface area contributed by atoms with Crippen molar-refractivity contribution in [1.29, 1.82) is 0 Å². The molecule has 0 fully saturated rings. The summed E-state index contributed by atoms with van der Waals surface area (Å²) >= 11 is 5.13. The minimum atomic E-state index is 0.813. The molecule has 146 valence electrons. The Morgan fingerprint density at radius 3 is 2.62 bits per heavy atom.